The van der Waals surface area contributed by atoms with E-state index in [0.29, 0.717) is 39.7 Å². The molecular formula is C24H24Cl3NO2. The van der Waals surface area contributed by atoms with E-state index in [9.17, 15) is 0 Å². The van der Waals surface area contributed by atoms with Gasteiger partial charge in [-0.2, -0.15) is 0 Å². The molecule has 3 nitrogen and oxygen atoms in total. The predicted octanol–water partition coefficient (Wildman–Crippen LogP) is 6.88. The summed E-state index contributed by atoms with van der Waals surface area (Å²) in [5.74, 6) is 1.28. The molecule has 0 radical (unpaired) electrons. The Morgan fingerprint density at radius 1 is 0.867 bits per heavy atom. The number of rotatable bonds is 9. The number of halogens is 3. The van der Waals surface area contributed by atoms with Gasteiger partial charge in [0.2, 0.25) is 0 Å². The lowest BCUT2D eigenvalue weighted by atomic mass is 10.1. The van der Waals surface area contributed by atoms with Crippen LogP contribution in [0.5, 0.6) is 11.5 Å². The molecule has 0 fully saturated rings. The number of nitrogens with one attached hydrogen (secondary N) is 1. The van der Waals surface area contributed by atoms with Gasteiger partial charge < -0.3 is 14.8 Å². The molecule has 0 unspecified atom stereocenters. The van der Waals surface area contributed by atoms with Gasteiger partial charge in [-0.3, -0.25) is 0 Å². The van der Waals surface area contributed by atoms with Crippen LogP contribution in [0, 0.1) is 6.92 Å². The van der Waals surface area contributed by atoms with E-state index < -0.39 is 0 Å². The summed E-state index contributed by atoms with van der Waals surface area (Å²) in [4.78, 5) is 0. The van der Waals surface area contributed by atoms with E-state index in [2.05, 4.69) is 24.4 Å². The third-order valence-corrected chi connectivity index (χ3v) is 5.65. The smallest absolute Gasteiger partial charge is 0.163 e. The molecule has 0 saturated heterocycles. The first kappa shape index (κ1) is 22.8. The van der Waals surface area contributed by atoms with Crippen LogP contribution in [0.15, 0.2) is 54.6 Å². The quantitative estimate of drug-likeness (QED) is 0.350. The van der Waals surface area contributed by atoms with E-state index in [4.69, 9.17) is 44.3 Å². The number of benzene rings is 3. The van der Waals surface area contributed by atoms with Gasteiger partial charge in [-0.1, -0.05) is 70.7 Å². The van der Waals surface area contributed by atoms with E-state index in [1.165, 1.54) is 5.56 Å². The largest absolute Gasteiger partial charge is 0.493 e. The van der Waals surface area contributed by atoms with Crippen molar-refractivity contribution in [2.75, 3.05) is 13.7 Å². The number of ether oxygens (including phenoxy) is 2. The average Bonchev–Trinajstić information content (AvgIpc) is 2.72. The molecule has 0 bridgehead atoms. The van der Waals surface area contributed by atoms with E-state index in [0.717, 1.165) is 29.7 Å². The molecule has 0 aliphatic heterocycles. The van der Waals surface area contributed by atoms with Crippen LogP contribution >= 0.6 is 34.8 Å². The molecule has 6 heteroatoms. The molecular weight excluding hydrogens is 441 g/mol. The minimum absolute atomic E-state index is 0.452. The molecule has 0 spiro atoms. The second-order valence-corrected chi connectivity index (χ2v) is 8.29. The Kier molecular flexibility index (Phi) is 8.29. The molecule has 0 aliphatic rings. The normalized spacial score (nSPS) is 10.8. The minimum Gasteiger partial charge on any atom is -0.493 e. The third kappa shape index (κ3) is 6.29. The van der Waals surface area contributed by atoms with Crippen LogP contribution < -0.4 is 14.8 Å². The Morgan fingerprint density at radius 2 is 1.67 bits per heavy atom. The van der Waals surface area contributed by atoms with Crippen molar-refractivity contribution in [3.8, 4) is 11.5 Å². The fraction of sp³-hybridized carbons (Fsp3) is 0.250. The molecule has 3 aromatic carbocycles. The Morgan fingerprint density at radius 3 is 2.40 bits per heavy atom. The van der Waals surface area contributed by atoms with Gasteiger partial charge in [-0.05, 0) is 54.8 Å². The summed E-state index contributed by atoms with van der Waals surface area (Å²) in [5, 5.41) is 5.35. The van der Waals surface area contributed by atoms with Gasteiger partial charge in [0.1, 0.15) is 6.61 Å². The van der Waals surface area contributed by atoms with Gasteiger partial charge in [0.15, 0.2) is 11.5 Å². The number of hydrogen-bond donors (Lipinski definition) is 1. The van der Waals surface area contributed by atoms with Crippen molar-refractivity contribution in [1.82, 2.24) is 5.32 Å². The molecule has 0 heterocycles. The maximum absolute atomic E-state index is 6.49. The molecule has 158 valence electrons. The number of methoxy groups -OCH3 is 1. The van der Waals surface area contributed by atoms with Gasteiger partial charge in [-0.15, -0.1) is 0 Å². The monoisotopic (exact) mass is 463 g/mol. The zero-order valence-electron chi connectivity index (χ0n) is 17.0. The molecule has 0 aromatic heterocycles. The van der Waals surface area contributed by atoms with Crippen LogP contribution in [0.3, 0.4) is 0 Å². The fourth-order valence-electron chi connectivity index (χ4n) is 3.12. The highest BCUT2D eigenvalue weighted by Crippen LogP contribution is 2.34. The Labute approximate surface area is 192 Å². The van der Waals surface area contributed by atoms with Crippen LogP contribution in [-0.2, 0) is 19.6 Å². The second-order valence-electron chi connectivity index (χ2n) is 7.03. The minimum atomic E-state index is 0.452. The van der Waals surface area contributed by atoms with Crippen LogP contribution in [0.25, 0.3) is 0 Å². The molecule has 1 N–H and O–H groups in total. The van der Waals surface area contributed by atoms with E-state index in [1.54, 1.807) is 13.2 Å². The van der Waals surface area contributed by atoms with Crippen LogP contribution in [-0.4, -0.2) is 13.7 Å². The zero-order valence-corrected chi connectivity index (χ0v) is 19.2. The third-order valence-electron chi connectivity index (χ3n) is 4.71. The average molecular weight is 465 g/mol. The molecule has 0 saturated carbocycles. The summed E-state index contributed by atoms with van der Waals surface area (Å²) in [7, 11) is 1.63. The second kappa shape index (κ2) is 10.9. The predicted molar refractivity (Wildman–Crippen MR) is 125 cm³/mol. The first-order valence-corrected chi connectivity index (χ1v) is 10.8. The SMILES string of the molecule is COc1cc(CNCCc2ccc(Cl)cc2Cl)c(Cl)cc1OCc1cccc(C)c1. The van der Waals surface area contributed by atoms with Gasteiger partial charge in [-0.25, -0.2) is 0 Å². The van der Waals surface area contributed by atoms with Crippen LogP contribution in [0.1, 0.15) is 22.3 Å². The van der Waals surface area contributed by atoms with Gasteiger partial charge in [0.05, 0.1) is 7.11 Å². The topological polar surface area (TPSA) is 30.5 Å². The zero-order chi connectivity index (χ0) is 21.5. The Bertz CT molecular complexity index is 1010. The highest BCUT2D eigenvalue weighted by Gasteiger charge is 2.11. The summed E-state index contributed by atoms with van der Waals surface area (Å²) >= 11 is 18.7. The molecule has 30 heavy (non-hydrogen) atoms. The van der Waals surface area contributed by atoms with Crippen molar-refractivity contribution in [3.63, 3.8) is 0 Å². The van der Waals surface area contributed by atoms with Crippen LogP contribution in [0.2, 0.25) is 15.1 Å². The van der Waals surface area contributed by atoms with Crippen molar-refractivity contribution < 1.29 is 9.47 Å². The number of aryl methyl sites for hydroxylation is 1. The maximum Gasteiger partial charge on any atom is 0.163 e. The summed E-state index contributed by atoms with van der Waals surface area (Å²) in [6, 6.07) is 17.5. The first-order chi connectivity index (χ1) is 14.5. The summed E-state index contributed by atoms with van der Waals surface area (Å²) in [5.41, 5.74) is 4.29. The van der Waals surface area contributed by atoms with E-state index >= 15 is 0 Å². The Hall–Kier alpha value is -1.91. The lowest BCUT2D eigenvalue weighted by Gasteiger charge is -2.15. The van der Waals surface area contributed by atoms with Crippen molar-refractivity contribution in [3.05, 3.63) is 91.9 Å². The van der Waals surface area contributed by atoms with E-state index in [-0.39, 0.29) is 0 Å². The highest BCUT2D eigenvalue weighted by atomic mass is 35.5. The van der Waals surface area contributed by atoms with Crippen molar-refractivity contribution in [1.29, 1.82) is 0 Å². The van der Waals surface area contributed by atoms with Gasteiger partial charge >= 0.3 is 0 Å². The maximum atomic E-state index is 6.49. The van der Waals surface area contributed by atoms with Crippen molar-refractivity contribution >= 4 is 34.8 Å². The highest BCUT2D eigenvalue weighted by molar-refractivity contribution is 6.35. The Balaban J connectivity index is 1.59. The molecule has 0 atom stereocenters. The van der Waals surface area contributed by atoms with Crippen molar-refractivity contribution in [2.45, 2.75) is 26.5 Å². The summed E-state index contributed by atoms with van der Waals surface area (Å²) in [6.07, 6.45) is 0.794. The fourth-order valence-corrected chi connectivity index (χ4v) is 3.84. The van der Waals surface area contributed by atoms with Gasteiger partial charge in [0, 0.05) is 27.7 Å². The van der Waals surface area contributed by atoms with Crippen molar-refractivity contribution in [2.24, 2.45) is 0 Å². The molecule has 3 aromatic rings. The molecule has 0 amide bonds. The van der Waals surface area contributed by atoms with E-state index in [1.807, 2.05) is 36.4 Å². The molecule has 0 aliphatic carbocycles. The molecule has 3 rings (SSSR count). The standard InChI is InChI=1S/C24H24Cl3NO2/c1-16-4-3-5-17(10-16)15-30-24-13-22(27)19(11-23(24)29-2)14-28-9-8-18-6-7-20(25)12-21(18)26/h3-7,10-13,28H,8-9,14-15H2,1-2H3. The van der Waals surface area contributed by atoms with Gasteiger partial charge in [0.25, 0.3) is 0 Å². The lowest BCUT2D eigenvalue weighted by Crippen LogP contribution is -2.17. The number of hydrogen-bond acceptors (Lipinski definition) is 3. The van der Waals surface area contributed by atoms with Crippen LogP contribution in [0.4, 0.5) is 0 Å². The summed E-state index contributed by atoms with van der Waals surface area (Å²) < 4.78 is 11.5. The lowest BCUT2D eigenvalue weighted by molar-refractivity contribution is 0.284. The first-order valence-electron chi connectivity index (χ1n) is 9.65. The summed E-state index contributed by atoms with van der Waals surface area (Å²) in [6.45, 7) is 3.88.